The second-order valence-electron chi connectivity index (χ2n) is 2.65. The van der Waals surface area contributed by atoms with E-state index in [-0.39, 0.29) is 12.5 Å². The number of hydrogen-bond acceptors (Lipinski definition) is 2. The maximum atomic E-state index is 8.28. The molecule has 1 aromatic rings. The molecule has 0 radical (unpaired) electrons. The molecular weight excluding hydrogens is 188 g/mol. The van der Waals surface area contributed by atoms with Gasteiger partial charge in [0.25, 0.3) is 0 Å². The van der Waals surface area contributed by atoms with Crippen LogP contribution in [0.5, 0.6) is 0 Å². The normalized spacial score (nSPS) is 11.4. The van der Waals surface area contributed by atoms with Crippen molar-refractivity contribution in [2.24, 2.45) is 0 Å². The van der Waals surface area contributed by atoms with E-state index >= 15 is 0 Å². The highest BCUT2D eigenvalue weighted by molar-refractivity contribution is 6.18. The lowest BCUT2D eigenvalue weighted by Gasteiger charge is -1.95. The summed E-state index contributed by atoms with van der Waals surface area (Å²) < 4.78 is 0. The average molecular weight is 203 g/mol. The fourth-order valence-electron chi connectivity index (χ4n) is 0.583. The summed E-state index contributed by atoms with van der Waals surface area (Å²) >= 11 is 5.04. The molecule has 3 heteroatoms. The zero-order valence-electron chi connectivity index (χ0n) is 7.65. The molecule has 1 atom stereocenters. The number of hydrogen-bond donors (Lipinski definition) is 2. The minimum atomic E-state index is -0.744. The quantitative estimate of drug-likeness (QED) is 0.715. The van der Waals surface area contributed by atoms with E-state index in [1.54, 1.807) is 0 Å². The Bertz CT molecular complexity index is 197. The van der Waals surface area contributed by atoms with Gasteiger partial charge in [-0.3, -0.25) is 0 Å². The highest BCUT2D eigenvalue weighted by atomic mass is 35.5. The van der Waals surface area contributed by atoms with Crippen LogP contribution >= 0.6 is 11.6 Å². The van der Waals surface area contributed by atoms with Crippen molar-refractivity contribution in [3.05, 3.63) is 35.9 Å². The van der Waals surface area contributed by atoms with Crippen LogP contribution in [-0.2, 0) is 0 Å². The summed E-state index contributed by atoms with van der Waals surface area (Å²) in [5.74, 6) is 0.108. The molecule has 0 amide bonds. The number of halogens is 1. The molecule has 0 bridgehead atoms. The van der Waals surface area contributed by atoms with Gasteiger partial charge in [0.15, 0.2) is 0 Å². The first-order chi connectivity index (χ1) is 6.20. The molecule has 2 nitrogen and oxygen atoms in total. The van der Waals surface area contributed by atoms with E-state index in [2.05, 4.69) is 19.1 Å². The second-order valence-corrected chi connectivity index (χ2v) is 2.95. The third kappa shape index (κ3) is 7.78. The van der Waals surface area contributed by atoms with Gasteiger partial charge in [-0.2, -0.15) is 0 Å². The van der Waals surface area contributed by atoms with E-state index in [1.165, 1.54) is 5.56 Å². The lowest BCUT2D eigenvalue weighted by atomic mass is 10.2. The summed E-state index contributed by atoms with van der Waals surface area (Å²) in [5, 5.41) is 16.3. The van der Waals surface area contributed by atoms with Gasteiger partial charge in [0.1, 0.15) is 0 Å². The SMILES string of the molecule is Cc1ccccc1.OCC(O)CCl. The van der Waals surface area contributed by atoms with Gasteiger partial charge in [-0.1, -0.05) is 35.9 Å². The fourth-order valence-corrected chi connectivity index (χ4v) is 0.681. The van der Waals surface area contributed by atoms with E-state index < -0.39 is 6.10 Å². The number of alkyl halides is 1. The fraction of sp³-hybridized carbons (Fsp3) is 0.400. The molecule has 0 saturated heterocycles. The van der Waals surface area contributed by atoms with Crippen molar-refractivity contribution in [1.29, 1.82) is 0 Å². The van der Waals surface area contributed by atoms with Crippen LogP contribution in [0.3, 0.4) is 0 Å². The predicted molar refractivity (Wildman–Crippen MR) is 55.0 cm³/mol. The minimum absolute atomic E-state index is 0.108. The molecule has 0 aliphatic rings. The van der Waals surface area contributed by atoms with Gasteiger partial charge in [0, 0.05) is 0 Å². The molecule has 1 aromatic carbocycles. The monoisotopic (exact) mass is 202 g/mol. The average Bonchev–Trinajstić information content (AvgIpc) is 2.19. The molecule has 0 saturated carbocycles. The third-order valence-corrected chi connectivity index (χ3v) is 1.69. The molecule has 0 spiro atoms. The lowest BCUT2D eigenvalue weighted by Crippen LogP contribution is -2.12. The van der Waals surface area contributed by atoms with Crippen molar-refractivity contribution >= 4 is 11.6 Å². The maximum Gasteiger partial charge on any atom is 0.0905 e. The van der Waals surface area contributed by atoms with Gasteiger partial charge in [-0.05, 0) is 6.92 Å². The van der Waals surface area contributed by atoms with Crippen LogP contribution in [-0.4, -0.2) is 28.8 Å². The molecule has 1 rings (SSSR count). The number of rotatable bonds is 2. The first-order valence-electron chi connectivity index (χ1n) is 4.07. The van der Waals surface area contributed by atoms with Crippen LogP contribution in [0.25, 0.3) is 0 Å². The van der Waals surface area contributed by atoms with Gasteiger partial charge in [0.05, 0.1) is 18.6 Å². The van der Waals surface area contributed by atoms with Crippen molar-refractivity contribution in [3.63, 3.8) is 0 Å². The van der Waals surface area contributed by atoms with Gasteiger partial charge in [-0.25, -0.2) is 0 Å². The van der Waals surface area contributed by atoms with Crippen molar-refractivity contribution in [1.82, 2.24) is 0 Å². The second kappa shape index (κ2) is 8.05. The summed E-state index contributed by atoms with van der Waals surface area (Å²) in [6.07, 6.45) is -0.744. The molecule has 0 fully saturated rings. The van der Waals surface area contributed by atoms with Crippen molar-refractivity contribution < 1.29 is 10.2 Å². The molecule has 0 aliphatic heterocycles. The van der Waals surface area contributed by atoms with Gasteiger partial charge in [0.2, 0.25) is 0 Å². The van der Waals surface area contributed by atoms with E-state index in [0.717, 1.165) is 0 Å². The predicted octanol–water partition coefficient (Wildman–Crippen LogP) is 1.57. The molecule has 1 unspecified atom stereocenters. The minimum Gasteiger partial charge on any atom is -0.394 e. The lowest BCUT2D eigenvalue weighted by molar-refractivity contribution is 0.112. The summed E-state index contributed by atoms with van der Waals surface area (Å²) in [4.78, 5) is 0. The number of benzene rings is 1. The van der Waals surface area contributed by atoms with Crippen molar-refractivity contribution in [3.8, 4) is 0 Å². The van der Waals surface area contributed by atoms with E-state index in [4.69, 9.17) is 21.8 Å². The zero-order valence-corrected chi connectivity index (χ0v) is 8.41. The largest absolute Gasteiger partial charge is 0.394 e. The summed E-state index contributed by atoms with van der Waals surface area (Å²) in [6.45, 7) is 1.84. The molecule has 13 heavy (non-hydrogen) atoms. The maximum absolute atomic E-state index is 8.28. The molecular formula is C10H15ClO2. The number of aryl methyl sites for hydroxylation is 1. The molecule has 74 valence electrons. The first-order valence-corrected chi connectivity index (χ1v) is 4.60. The highest BCUT2D eigenvalue weighted by Crippen LogP contribution is 1.92. The van der Waals surface area contributed by atoms with Gasteiger partial charge < -0.3 is 10.2 Å². The summed E-state index contributed by atoms with van der Waals surface area (Å²) in [6, 6.07) is 10.3. The Kier molecular flexibility index (Phi) is 7.69. The zero-order chi connectivity index (χ0) is 10.1. The Labute approximate surface area is 83.8 Å². The Morgan fingerprint density at radius 1 is 1.31 bits per heavy atom. The summed E-state index contributed by atoms with van der Waals surface area (Å²) in [5.41, 5.74) is 1.32. The van der Waals surface area contributed by atoms with Crippen LogP contribution in [0.1, 0.15) is 5.56 Å². The Morgan fingerprint density at radius 2 is 1.85 bits per heavy atom. The Hall–Kier alpha value is -0.570. The summed E-state index contributed by atoms with van der Waals surface area (Å²) in [7, 11) is 0. The molecule has 0 aromatic heterocycles. The topological polar surface area (TPSA) is 40.5 Å². The molecule has 0 heterocycles. The Balaban J connectivity index is 0.000000226. The van der Waals surface area contributed by atoms with E-state index in [1.807, 2.05) is 18.2 Å². The first kappa shape index (κ1) is 12.4. The Morgan fingerprint density at radius 3 is 2.00 bits per heavy atom. The smallest absolute Gasteiger partial charge is 0.0905 e. The number of aliphatic hydroxyl groups excluding tert-OH is 2. The molecule has 2 N–H and O–H groups in total. The van der Waals surface area contributed by atoms with E-state index in [0.29, 0.717) is 0 Å². The van der Waals surface area contributed by atoms with E-state index in [9.17, 15) is 0 Å². The van der Waals surface area contributed by atoms with Crippen LogP contribution in [0.15, 0.2) is 30.3 Å². The van der Waals surface area contributed by atoms with Crippen molar-refractivity contribution in [2.75, 3.05) is 12.5 Å². The standard InChI is InChI=1S/C7H8.C3H7ClO2/c1-7-5-3-2-4-6-7;4-1-3(6)2-5/h2-6H,1H3;3,5-6H,1-2H2. The number of aliphatic hydroxyl groups is 2. The van der Waals surface area contributed by atoms with Crippen molar-refractivity contribution in [2.45, 2.75) is 13.0 Å². The van der Waals surface area contributed by atoms with Crippen LogP contribution in [0.2, 0.25) is 0 Å². The highest BCUT2D eigenvalue weighted by Gasteiger charge is 1.94. The van der Waals surface area contributed by atoms with Crippen LogP contribution < -0.4 is 0 Å². The molecule has 0 aliphatic carbocycles. The van der Waals surface area contributed by atoms with Crippen LogP contribution in [0, 0.1) is 6.92 Å². The van der Waals surface area contributed by atoms with Gasteiger partial charge in [-0.15, -0.1) is 11.6 Å². The van der Waals surface area contributed by atoms with Crippen LogP contribution in [0.4, 0.5) is 0 Å². The van der Waals surface area contributed by atoms with Gasteiger partial charge >= 0.3 is 0 Å². The third-order valence-electron chi connectivity index (χ3n) is 1.33.